The van der Waals surface area contributed by atoms with Gasteiger partial charge in [0.15, 0.2) is 11.6 Å². The number of allylic oxidation sites excluding steroid dienone is 1. The van der Waals surface area contributed by atoms with Gasteiger partial charge in [-0.2, -0.15) is 5.10 Å². The van der Waals surface area contributed by atoms with Crippen molar-refractivity contribution >= 4 is 17.5 Å². The number of rotatable bonds is 10. The molecular formula is C28H34ClN5O2. The highest BCUT2D eigenvalue weighted by Crippen LogP contribution is 2.32. The number of benzene rings is 1. The van der Waals surface area contributed by atoms with E-state index in [9.17, 15) is 4.79 Å². The van der Waals surface area contributed by atoms with Crippen LogP contribution in [0.15, 0.2) is 55.4 Å². The number of carbonyl (C=O) groups excluding carboxylic acids is 1. The van der Waals surface area contributed by atoms with E-state index in [1.54, 1.807) is 19.5 Å². The Labute approximate surface area is 218 Å². The van der Waals surface area contributed by atoms with Gasteiger partial charge in [0.2, 0.25) is 5.91 Å². The van der Waals surface area contributed by atoms with E-state index in [0.717, 1.165) is 36.8 Å². The Morgan fingerprint density at radius 2 is 1.94 bits per heavy atom. The molecule has 0 bridgehead atoms. The predicted molar refractivity (Wildman–Crippen MR) is 143 cm³/mol. The molecule has 1 saturated carbocycles. The maximum atomic E-state index is 13.7. The number of hydrogen-bond acceptors (Lipinski definition) is 5. The molecule has 8 heteroatoms. The largest absolute Gasteiger partial charge is 0.495 e. The van der Waals surface area contributed by atoms with Crippen LogP contribution < -0.4 is 4.74 Å². The standard InChI is InChI=1S/C28H34ClN5O2/c1-5-14-28(2,3)27(35)33(22-8-6-7-9-22)17-18-34-26(21-10-11-24(36-4)23(29)19-21)31-25(32-34)20-12-15-30-16-13-20/h5,10-13,15-16,19,22H,1,6-9,14,17-18H2,2-4H3. The second-order valence-electron chi connectivity index (χ2n) is 9.88. The first kappa shape index (κ1) is 25.9. The molecule has 1 aromatic carbocycles. The van der Waals surface area contributed by atoms with Crippen molar-refractivity contribution in [3.8, 4) is 28.5 Å². The van der Waals surface area contributed by atoms with Crippen LogP contribution in [0.25, 0.3) is 22.8 Å². The van der Waals surface area contributed by atoms with E-state index >= 15 is 0 Å². The van der Waals surface area contributed by atoms with Crippen LogP contribution in [0, 0.1) is 5.41 Å². The molecule has 0 radical (unpaired) electrons. The molecule has 1 aliphatic carbocycles. The summed E-state index contributed by atoms with van der Waals surface area (Å²) in [6.45, 7) is 8.93. The van der Waals surface area contributed by atoms with Gasteiger partial charge in [-0.15, -0.1) is 6.58 Å². The molecule has 2 heterocycles. The van der Waals surface area contributed by atoms with Crippen LogP contribution in [0.4, 0.5) is 0 Å². The van der Waals surface area contributed by atoms with Gasteiger partial charge in [-0.05, 0) is 49.6 Å². The molecule has 4 rings (SSSR count). The Kier molecular flexibility index (Phi) is 8.09. The zero-order valence-electron chi connectivity index (χ0n) is 21.3. The zero-order valence-corrected chi connectivity index (χ0v) is 22.0. The number of hydrogen-bond donors (Lipinski definition) is 0. The Bertz CT molecular complexity index is 1200. The van der Waals surface area contributed by atoms with Gasteiger partial charge in [0, 0.05) is 41.5 Å². The number of halogens is 1. The van der Waals surface area contributed by atoms with E-state index < -0.39 is 5.41 Å². The van der Waals surface area contributed by atoms with Crippen molar-refractivity contribution in [2.45, 2.75) is 58.5 Å². The molecule has 0 saturated heterocycles. The summed E-state index contributed by atoms with van der Waals surface area (Å²) in [5.74, 6) is 2.06. The topological polar surface area (TPSA) is 73.1 Å². The van der Waals surface area contributed by atoms with Crippen LogP contribution in [-0.2, 0) is 11.3 Å². The van der Waals surface area contributed by atoms with Gasteiger partial charge in [-0.3, -0.25) is 9.78 Å². The molecule has 2 aromatic heterocycles. The minimum Gasteiger partial charge on any atom is -0.495 e. The maximum absolute atomic E-state index is 13.7. The fourth-order valence-corrected chi connectivity index (χ4v) is 5.10. The highest BCUT2D eigenvalue weighted by Gasteiger charge is 2.35. The van der Waals surface area contributed by atoms with Gasteiger partial charge in [-0.1, -0.05) is 44.4 Å². The van der Waals surface area contributed by atoms with Crippen LogP contribution in [0.1, 0.15) is 46.0 Å². The van der Waals surface area contributed by atoms with Crippen LogP contribution in [-0.4, -0.2) is 50.3 Å². The summed E-state index contributed by atoms with van der Waals surface area (Å²) in [5.41, 5.74) is 1.21. The normalized spacial score (nSPS) is 14.1. The van der Waals surface area contributed by atoms with Gasteiger partial charge < -0.3 is 9.64 Å². The molecule has 0 unspecified atom stereocenters. The third-order valence-electron chi connectivity index (χ3n) is 6.83. The van der Waals surface area contributed by atoms with Gasteiger partial charge in [0.05, 0.1) is 18.7 Å². The fraction of sp³-hybridized carbons (Fsp3) is 0.429. The van der Waals surface area contributed by atoms with E-state index in [0.29, 0.717) is 41.9 Å². The number of aromatic nitrogens is 4. The second-order valence-corrected chi connectivity index (χ2v) is 10.3. The molecule has 0 aliphatic heterocycles. The van der Waals surface area contributed by atoms with Gasteiger partial charge in [0.25, 0.3) is 0 Å². The predicted octanol–water partition coefficient (Wildman–Crippen LogP) is 6.04. The van der Waals surface area contributed by atoms with Crippen molar-refractivity contribution < 1.29 is 9.53 Å². The first-order valence-corrected chi connectivity index (χ1v) is 12.8. The average molecular weight is 508 g/mol. The minimum atomic E-state index is -0.499. The molecule has 1 fully saturated rings. The van der Waals surface area contributed by atoms with Crippen molar-refractivity contribution in [1.82, 2.24) is 24.6 Å². The van der Waals surface area contributed by atoms with Crippen molar-refractivity contribution in [2.24, 2.45) is 5.41 Å². The van der Waals surface area contributed by atoms with Crippen LogP contribution in [0.5, 0.6) is 5.75 Å². The lowest BCUT2D eigenvalue weighted by Gasteiger charge is -2.35. The third-order valence-corrected chi connectivity index (χ3v) is 7.13. The molecule has 1 amide bonds. The summed E-state index contributed by atoms with van der Waals surface area (Å²) < 4.78 is 7.20. The molecular weight excluding hydrogens is 474 g/mol. The second kappa shape index (κ2) is 11.2. The average Bonchev–Trinajstić information content (AvgIpc) is 3.55. The molecule has 0 atom stereocenters. The fourth-order valence-electron chi connectivity index (χ4n) is 4.85. The van der Waals surface area contributed by atoms with E-state index in [2.05, 4.69) is 16.5 Å². The zero-order chi connectivity index (χ0) is 25.7. The molecule has 1 aliphatic rings. The third kappa shape index (κ3) is 5.62. The lowest BCUT2D eigenvalue weighted by atomic mass is 9.87. The Hall–Kier alpha value is -3.19. The Morgan fingerprint density at radius 1 is 1.22 bits per heavy atom. The summed E-state index contributed by atoms with van der Waals surface area (Å²) in [6.07, 6.45) is 10.3. The molecule has 36 heavy (non-hydrogen) atoms. The number of ether oxygens (including phenoxy) is 1. The number of methoxy groups -OCH3 is 1. The maximum Gasteiger partial charge on any atom is 0.228 e. The Balaban J connectivity index is 1.68. The summed E-state index contributed by atoms with van der Waals surface area (Å²) >= 11 is 6.44. The lowest BCUT2D eigenvalue weighted by molar-refractivity contribution is -0.142. The van der Waals surface area contributed by atoms with E-state index in [1.165, 1.54) is 0 Å². The van der Waals surface area contributed by atoms with Gasteiger partial charge in [0.1, 0.15) is 5.75 Å². The molecule has 3 aromatic rings. The SMILES string of the molecule is C=CCC(C)(C)C(=O)N(CCn1nc(-c2ccncc2)nc1-c1ccc(OC)c(Cl)c1)C1CCCC1. The summed E-state index contributed by atoms with van der Waals surface area (Å²) in [6, 6.07) is 9.62. The van der Waals surface area contributed by atoms with Gasteiger partial charge >= 0.3 is 0 Å². The molecule has 7 nitrogen and oxygen atoms in total. The first-order valence-electron chi connectivity index (χ1n) is 12.4. The van der Waals surface area contributed by atoms with Crippen molar-refractivity contribution in [3.63, 3.8) is 0 Å². The van der Waals surface area contributed by atoms with E-state index in [4.69, 9.17) is 26.4 Å². The smallest absolute Gasteiger partial charge is 0.228 e. The molecule has 0 N–H and O–H groups in total. The molecule has 190 valence electrons. The van der Waals surface area contributed by atoms with Crippen molar-refractivity contribution in [2.75, 3.05) is 13.7 Å². The van der Waals surface area contributed by atoms with Crippen molar-refractivity contribution in [3.05, 3.63) is 60.4 Å². The number of carbonyl (C=O) groups is 1. The number of nitrogens with zero attached hydrogens (tertiary/aromatic N) is 5. The monoisotopic (exact) mass is 507 g/mol. The van der Waals surface area contributed by atoms with Crippen molar-refractivity contribution in [1.29, 1.82) is 0 Å². The summed E-state index contributed by atoms with van der Waals surface area (Å²) in [5, 5.41) is 5.34. The van der Waals surface area contributed by atoms with E-state index in [-0.39, 0.29) is 11.9 Å². The van der Waals surface area contributed by atoms with E-state index in [1.807, 2.05) is 54.9 Å². The van der Waals surface area contributed by atoms with Crippen LogP contribution in [0.3, 0.4) is 0 Å². The highest BCUT2D eigenvalue weighted by molar-refractivity contribution is 6.32. The number of pyridine rings is 1. The molecule has 0 spiro atoms. The summed E-state index contributed by atoms with van der Waals surface area (Å²) in [7, 11) is 1.59. The van der Waals surface area contributed by atoms with Crippen LogP contribution in [0.2, 0.25) is 5.02 Å². The first-order chi connectivity index (χ1) is 17.3. The highest BCUT2D eigenvalue weighted by atomic mass is 35.5. The van der Waals surface area contributed by atoms with Crippen LogP contribution >= 0.6 is 11.6 Å². The summed E-state index contributed by atoms with van der Waals surface area (Å²) in [4.78, 5) is 24.7. The number of amides is 1. The minimum absolute atomic E-state index is 0.165. The Morgan fingerprint density at radius 3 is 2.58 bits per heavy atom. The lowest BCUT2D eigenvalue weighted by Crippen LogP contribution is -2.47. The van der Waals surface area contributed by atoms with Gasteiger partial charge in [-0.25, -0.2) is 9.67 Å². The quantitative estimate of drug-likeness (QED) is 0.313.